The fraction of sp³-hybridized carbons (Fsp3) is 0.417. The van der Waals surface area contributed by atoms with Gasteiger partial charge >= 0.3 is 0 Å². The van der Waals surface area contributed by atoms with Gasteiger partial charge in [-0.2, -0.15) is 0 Å². The van der Waals surface area contributed by atoms with Crippen LogP contribution < -0.4 is 4.90 Å². The van der Waals surface area contributed by atoms with Gasteiger partial charge < -0.3 is 9.64 Å². The second kappa shape index (κ2) is 4.61. The van der Waals surface area contributed by atoms with E-state index in [4.69, 9.17) is 4.74 Å². The maximum atomic E-state index is 13.6. The van der Waals surface area contributed by atoms with Crippen LogP contribution in [0, 0.1) is 5.82 Å². The van der Waals surface area contributed by atoms with Crippen molar-refractivity contribution in [2.45, 2.75) is 6.92 Å². The topological polar surface area (TPSA) is 29.5 Å². The van der Waals surface area contributed by atoms with E-state index in [0.717, 1.165) is 0 Å². The van der Waals surface area contributed by atoms with E-state index in [-0.39, 0.29) is 11.6 Å². The summed E-state index contributed by atoms with van der Waals surface area (Å²) in [5.74, 6) is -0.332. The van der Waals surface area contributed by atoms with Crippen LogP contribution >= 0.6 is 0 Å². The number of ether oxygens (including phenoxy) is 1. The summed E-state index contributed by atoms with van der Waals surface area (Å²) in [5.41, 5.74) is 1.04. The Kier molecular flexibility index (Phi) is 3.19. The molecule has 3 nitrogen and oxygen atoms in total. The zero-order chi connectivity index (χ0) is 11.5. The Balaban J connectivity index is 2.30. The normalized spacial score (nSPS) is 16.2. The molecule has 0 bridgehead atoms. The molecule has 0 aromatic heterocycles. The predicted octanol–water partition coefficient (Wildman–Crippen LogP) is 1.86. The molecule has 1 saturated heterocycles. The smallest absolute Gasteiger partial charge is 0.159 e. The van der Waals surface area contributed by atoms with Crippen LogP contribution in [-0.2, 0) is 4.74 Å². The van der Waals surface area contributed by atoms with Gasteiger partial charge in [-0.25, -0.2) is 4.39 Å². The SMILES string of the molecule is CC(=O)c1ccc(F)c(N2CCOCC2)c1. The minimum absolute atomic E-state index is 0.0468. The number of carbonyl (C=O) groups is 1. The van der Waals surface area contributed by atoms with Crippen molar-refractivity contribution < 1.29 is 13.9 Å². The largest absolute Gasteiger partial charge is 0.378 e. The maximum Gasteiger partial charge on any atom is 0.159 e. The van der Waals surface area contributed by atoms with Crippen molar-refractivity contribution in [3.8, 4) is 0 Å². The van der Waals surface area contributed by atoms with Gasteiger partial charge in [0.15, 0.2) is 5.78 Å². The third-order valence-corrected chi connectivity index (χ3v) is 2.70. The molecule has 0 N–H and O–H groups in total. The van der Waals surface area contributed by atoms with Gasteiger partial charge in [-0.3, -0.25) is 4.79 Å². The molecule has 0 aliphatic carbocycles. The van der Waals surface area contributed by atoms with E-state index in [1.807, 2.05) is 4.90 Å². The number of ketones is 1. The minimum atomic E-state index is -0.285. The van der Waals surface area contributed by atoms with E-state index in [1.54, 1.807) is 6.07 Å². The lowest BCUT2D eigenvalue weighted by atomic mass is 10.1. The van der Waals surface area contributed by atoms with E-state index >= 15 is 0 Å². The van der Waals surface area contributed by atoms with Crippen molar-refractivity contribution in [1.82, 2.24) is 0 Å². The van der Waals surface area contributed by atoms with Crippen LogP contribution in [0.3, 0.4) is 0 Å². The first-order valence-electron chi connectivity index (χ1n) is 5.31. The summed E-state index contributed by atoms with van der Waals surface area (Å²) in [6.45, 7) is 4.01. The van der Waals surface area contributed by atoms with Gasteiger partial charge in [-0.15, -0.1) is 0 Å². The van der Waals surface area contributed by atoms with Gasteiger partial charge in [-0.1, -0.05) is 0 Å². The minimum Gasteiger partial charge on any atom is -0.378 e. The number of hydrogen-bond donors (Lipinski definition) is 0. The van der Waals surface area contributed by atoms with E-state index in [1.165, 1.54) is 19.1 Å². The molecule has 0 unspecified atom stereocenters. The summed E-state index contributed by atoms with van der Waals surface area (Å²) >= 11 is 0. The van der Waals surface area contributed by atoms with Gasteiger partial charge in [0.05, 0.1) is 18.9 Å². The molecular weight excluding hydrogens is 209 g/mol. The third kappa shape index (κ3) is 2.22. The van der Waals surface area contributed by atoms with Crippen molar-refractivity contribution in [2.75, 3.05) is 31.2 Å². The van der Waals surface area contributed by atoms with Gasteiger partial charge in [-0.05, 0) is 25.1 Å². The zero-order valence-corrected chi connectivity index (χ0v) is 9.20. The molecule has 0 radical (unpaired) electrons. The number of morpholine rings is 1. The number of Topliss-reactive ketones (excluding diaryl/α,β-unsaturated/α-hetero) is 1. The molecule has 1 aromatic rings. The Morgan fingerprint density at radius 1 is 1.38 bits per heavy atom. The number of nitrogens with zero attached hydrogens (tertiary/aromatic N) is 1. The Morgan fingerprint density at radius 3 is 2.69 bits per heavy atom. The number of hydrogen-bond acceptors (Lipinski definition) is 3. The van der Waals surface area contributed by atoms with Crippen molar-refractivity contribution >= 4 is 11.5 Å². The fourth-order valence-electron chi connectivity index (χ4n) is 1.78. The summed E-state index contributed by atoms with van der Waals surface area (Å²) in [5, 5.41) is 0. The molecule has 16 heavy (non-hydrogen) atoms. The molecule has 1 fully saturated rings. The standard InChI is InChI=1S/C12H14FNO2/c1-9(15)10-2-3-11(13)12(8-10)14-4-6-16-7-5-14/h2-3,8H,4-7H2,1H3. The Labute approximate surface area is 93.8 Å². The first kappa shape index (κ1) is 11.1. The van der Waals surface area contributed by atoms with E-state index in [9.17, 15) is 9.18 Å². The van der Waals surface area contributed by atoms with E-state index in [0.29, 0.717) is 37.6 Å². The van der Waals surface area contributed by atoms with E-state index < -0.39 is 0 Å². The number of carbonyl (C=O) groups excluding carboxylic acids is 1. The van der Waals surface area contributed by atoms with Crippen LogP contribution in [0.15, 0.2) is 18.2 Å². The summed E-state index contributed by atoms with van der Waals surface area (Å²) in [4.78, 5) is 13.1. The van der Waals surface area contributed by atoms with Gasteiger partial charge in [0, 0.05) is 18.7 Å². The molecule has 0 atom stereocenters. The maximum absolute atomic E-state index is 13.6. The van der Waals surface area contributed by atoms with Crippen molar-refractivity contribution in [3.05, 3.63) is 29.6 Å². The van der Waals surface area contributed by atoms with Gasteiger partial charge in [0.2, 0.25) is 0 Å². The summed E-state index contributed by atoms with van der Waals surface area (Å²) in [7, 11) is 0. The lowest BCUT2D eigenvalue weighted by Gasteiger charge is -2.29. The van der Waals surface area contributed by atoms with Gasteiger partial charge in [0.1, 0.15) is 5.82 Å². The highest BCUT2D eigenvalue weighted by Crippen LogP contribution is 2.22. The third-order valence-electron chi connectivity index (χ3n) is 2.70. The zero-order valence-electron chi connectivity index (χ0n) is 9.20. The Morgan fingerprint density at radius 2 is 2.06 bits per heavy atom. The Hall–Kier alpha value is -1.42. The fourth-order valence-corrected chi connectivity index (χ4v) is 1.78. The van der Waals surface area contributed by atoms with Crippen molar-refractivity contribution in [1.29, 1.82) is 0 Å². The van der Waals surface area contributed by atoms with Crippen LogP contribution in [0.2, 0.25) is 0 Å². The first-order chi connectivity index (χ1) is 7.68. The molecule has 1 aromatic carbocycles. The van der Waals surface area contributed by atoms with E-state index in [2.05, 4.69) is 0 Å². The molecule has 4 heteroatoms. The van der Waals surface area contributed by atoms with Gasteiger partial charge in [0.25, 0.3) is 0 Å². The molecule has 2 rings (SSSR count). The summed E-state index contributed by atoms with van der Waals surface area (Å²) in [6, 6.07) is 4.48. The highest BCUT2D eigenvalue weighted by molar-refractivity contribution is 5.95. The lowest BCUT2D eigenvalue weighted by Crippen LogP contribution is -2.36. The number of anilines is 1. The second-order valence-electron chi connectivity index (χ2n) is 3.82. The molecule has 1 aliphatic heterocycles. The summed E-state index contributed by atoms with van der Waals surface area (Å²) < 4.78 is 18.8. The average Bonchev–Trinajstić information content (AvgIpc) is 2.30. The number of benzene rings is 1. The molecule has 1 aliphatic rings. The van der Waals surface area contributed by atoms with Crippen LogP contribution in [-0.4, -0.2) is 32.1 Å². The molecular formula is C12H14FNO2. The van der Waals surface area contributed by atoms with Crippen LogP contribution in [0.4, 0.5) is 10.1 Å². The summed E-state index contributed by atoms with van der Waals surface area (Å²) in [6.07, 6.45) is 0. The van der Waals surface area contributed by atoms with Crippen LogP contribution in [0.1, 0.15) is 17.3 Å². The molecule has 0 saturated carbocycles. The van der Waals surface area contributed by atoms with Crippen molar-refractivity contribution in [2.24, 2.45) is 0 Å². The second-order valence-corrected chi connectivity index (χ2v) is 3.82. The molecule has 0 spiro atoms. The highest BCUT2D eigenvalue weighted by Gasteiger charge is 2.16. The van der Waals surface area contributed by atoms with Crippen molar-refractivity contribution in [3.63, 3.8) is 0 Å². The first-order valence-corrected chi connectivity index (χ1v) is 5.31. The molecule has 1 heterocycles. The monoisotopic (exact) mass is 223 g/mol. The molecule has 0 amide bonds. The number of halogens is 1. The molecule has 86 valence electrons. The average molecular weight is 223 g/mol. The lowest BCUT2D eigenvalue weighted by molar-refractivity contribution is 0.101. The number of rotatable bonds is 2. The van der Waals surface area contributed by atoms with Crippen LogP contribution in [0.5, 0.6) is 0 Å². The Bertz CT molecular complexity index is 400. The quantitative estimate of drug-likeness (QED) is 0.717. The predicted molar refractivity (Wildman–Crippen MR) is 59.4 cm³/mol. The highest BCUT2D eigenvalue weighted by atomic mass is 19.1. The van der Waals surface area contributed by atoms with Crippen LogP contribution in [0.25, 0.3) is 0 Å².